The first kappa shape index (κ1) is 29.1. The Morgan fingerprint density at radius 3 is 2.22 bits per heavy atom. The minimum atomic E-state index is -0.403. The minimum absolute atomic E-state index is 0.215. The predicted octanol–water partition coefficient (Wildman–Crippen LogP) is 1.99. The summed E-state index contributed by atoms with van der Waals surface area (Å²) in [7, 11) is 5.00. The monoisotopic (exact) mass is 513 g/mol. The smallest absolute Gasteiger partial charge is 0.160 e. The van der Waals surface area contributed by atoms with Crippen molar-refractivity contribution in [1.82, 2.24) is 4.90 Å². The number of methoxy groups -OCH3 is 3. The summed E-state index contributed by atoms with van der Waals surface area (Å²) >= 11 is 0. The zero-order valence-electron chi connectivity index (χ0n) is 21.9. The Morgan fingerprint density at radius 2 is 1.56 bits per heavy atom. The molecule has 4 unspecified atom stereocenters. The molecule has 0 aromatic heterocycles. The molecule has 1 aromatic rings. The molecule has 4 atom stereocenters. The van der Waals surface area contributed by atoms with E-state index in [0.29, 0.717) is 52.7 Å². The van der Waals surface area contributed by atoms with Gasteiger partial charge in [0, 0.05) is 46.9 Å². The van der Waals surface area contributed by atoms with Crippen LogP contribution in [0.25, 0.3) is 0 Å². The van der Waals surface area contributed by atoms with Gasteiger partial charge in [-0.25, -0.2) is 0 Å². The van der Waals surface area contributed by atoms with Crippen LogP contribution in [0.1, 0.15) is 12.8 Å². The number of benzene rings is 1. The fourth-order valence-corrected chi connectivity index (χ4v) is 4.27. The first-order valence-corrected chi connectivity index (χ1v) is 12.8. The third-order valence-electron chi connectivity index (χ3n) is 6.24. The van der Waals surface area contributed by atoms with Crippen LogP contribution in [0.4, 0.5) is 0 Å². The Morgan fingerprint density at radius 1 is 0.861 bits per heavy atom. The van der Waals surface area contributed by atoms with Gasteiger partial charge in [0.15, 0.2) is 6.29 Å². The first-order chi connectivity index (χ1) is 17.7. The second-order valence-electron chi connectivity index (χ2n) is 8.72. The molecule has 10 heteroatoms. The van der Waals surface area contributed by atoms with E-state index in [1.165, 1.54) is 0 Å². The van der Waals surface area contributed by atoms with Crippen LogP contribution >= 0.6 is 0 Å². The van der Waals surface area contributed by atoms with Crippen LogP contribution in [-0.2, 0) is 33.2 Å². The van der Waals surface area contributed by atoms with Crippen molar-refractivity contribution >= 4 is 0 Å². The maximum atomic E-state index is 6.26. The van der Waals surface area contributed by atoms with Gasteiger partial charge in [0.25, 0.3) is 0 Å². The van der Waals surface area contributed by atoms with Crippen molar-refractivity contribution in [1.29, 1.82) is 0 Å². The van der Waals surface area contributed by atoms with Crippen molar-refractivity contribution in [3.63, 3.8) is 0 Å². The van der Waals surface area contributed by atoms with E-state index in [9.17, 15) is 0 Å². The van der Waals surface area contributed by atoms with Crippen molar-refractivity contribution < 1.29 is 42.6 Å². The maximum absolute atomic E-state index is 6.26. The Bertz CT molecular complexity index is 692. The molecule has 2 heterocycles. The van der Waals surface area contributed by atoms with E-state index in [4.69, 9.17) is 42.6 Å². The molecule has 0 saturated carbocycles. The average Bonchev–Trinajstić information content (AvgIpc) is 2.92. The van der Waals surface area contributed by atoms with Gasteiger partial charge in [-0.3, -0.25) is 4.90 Å². The summed E-state index contributed by atoms with van der Waals surface area (Å²) in [6.45, 7) is 6.85. The van der Waals surface area contributed by atoms with Crippen LogP contribution in [0.2, 0.25) is 0 Å². The Kier molecular flexibility index (Phi) is 13.8. The van der Waals surface area contributed by atoms with Gasteiger partial charge < -0.3 is 42.6 Å². The molecule has 0 N–H and O–H groups in total. The molecule has 36 heavy (non-hydrogen) atoms. The van der Waals surface area contributed by atoms with Gasteiger partial charge in [0.1, 0.15) is 30.3 Å². The molecule has 2 aliphatic rings. The van der Waals surface area contributed by atoms with Gasteiger partial charge in [-0.15, -0.1) is 0 Å². The number of hydrogen-bond donors (Lipinski definition) is 0. The van der Waals surface area contributed by atoms with E-state index >= 15 is 0 Å². The van der Waals surface area contributed by atoms with Crippen LogP contribution < -0.4 is 9.47 Å². The summed E-state index contributed by atoms with van der Waals surface area (Å²) in [5.74, 6) is 1.50. The van der Waals surface area contributed by atoms with Crippen LogP contribution in [0.5, 0.6) is 11.5 Å². The molecule has 0 radical (unpaired) electrons. The van der Waals surface area contributed by atoms with E-state index < -0.39 is 6.29 Å². The lowest BCUT2D eigenvalue weighted by molar-refractivity contribution is -0.266. The summed E-state index contributed by atoms with van der Waals surface area (Å²) in [5, 5.41) is 0. The second-order valence-corrected chi connectivity index (χ2v) is 8.72. The summed E-state index contributed by atoms with van der Waals surface area (Å²) in [5.41, 5.74) is 0. The van der Waals surface area contributed by atoms with E-state index in [2.05, 4.69) is 4.90 Å². The third kappa shape index (κ3) is 10.1. The van der Waals surface area contributed by atoms with E-state index in [1.807, 2.05) is 24.3 Å². The van der Waals surface area contributed by atoms with Gasteiger partial charge in [0.05, 0.1) is 52.9 Å². The lowest BCUT2D eigenvalue weighted by atomic mass is 10.0. The van der Waals surface area contributed by atoms with Gasteiger partial charge in [0.2, 0.25) is 0 Å². The van der Waals surface area contributed by atoms with Crippen molar-refractivity contribution in [2.45, 2.75) is 37.4 Å². The highest BCUT2D eigenvalue weighted by Crippen LogP contribution is 2.27. The molecule has 0 amide bonds. The molecule has 0 aliphatic carbocycles. The molecule has 0 spiro atoms. The number of hydrogen-bond acceptors (Lipinski definition) is 10. The Labute approximate surface area is 215 Å². The van der Waals surface area contributed by atoms with Gasteiger partial charge in [-0.1, -0.05) is 0 Å². The average molecular weight is 514 g/mol. The molecule has 0 bridgehead atoms. The van der Waals surface area contributed by atoms with Crippen molar-refractivity contribution in [3.8, 4) is 11.5 Å². The van der Waals surface area contributed by atoms with E-state index in [0.717, 1.165) is 44.2 Å². The fourth-order valence-electron chi connectivity index (χ4n) is 4.27. The van der Waals surface area contributed by atoms with Crippen molar-refractivity contribution in [3.05, 3.63) is 24.3 Å². The van der Waals surface area contributed by atoms with Gasteiger partial charge >= 0.3 is 0 Å². The Balaban J connectivity index is 1.57. The third-order valence-corrected chi connectivity index (χ3v) is 6.24. The molecule has 2 saturated heterocycles. The molecule has 206 valence electrons. The summed E-state index contributed by atoms with van der Waals surface area (Å²) in [6.07, 6.45) is 0.227. The number of fused-ring (bicyclic) bond motifs is 1. The largest absolute Gasteiger partial charge is 0.497 e. The highest BCUT2D eigenvalue weighted by molar-refractivity contribution is 5.31. The number of ether oxygens (including phenoxy) is 9. The number of rotatable bonds is 9. The number of nitrogens with zero attached hydrogens (tertiary/aromatic N) is 1. The van der Waals surface area contributed by atoms with Gasteiger partial charge in [-0.05, 0) is 30.7 Å². The normalized spacial score (nSPS) is 27.4. The van der Waals surface area contributed by atoms with Gasteiger partial charge in [-0.2, -0.15) is 0 Å². The van der Waals surface area contributed by atoms with Crippen LogP contribution in [0.3, 0.4) is 0 Å². The SMILES string of the molecule is COCCCN1CCOCCOC2CC(OC)OC(COc3ccc(OC)cc3)C2OCCOCC1. The topological polar surface area (TPSA) is 86.3 Å². The van der Waals surface area contributed by atoms with Crippen LogP contribution in [-0.4, -0.2) is 123 Å². The second kappa shape index (κ2) is 17.1. The predicted molar refractivity (Wildman–Crippen MR) is 133 cm³/mol. The minimum Gasteiger partial charge on any atom is -0.497 e. The molecule has 2 fully saturated rings. The molecule has 10 nitrogen and oxygen atoms in total. The molecule has 2 aliphatic heterocycles. The molecular formula is C26H43NO9. The highest BCUT2D eigenvalue weighted by atomic mass is 16.7. The van der Waals surface area contributed by atoms with E-state index in [1.54, 1.807) is 21.3 Å². The lowest BCUT2D eigenvalue weighted by Gasteiger charge is -2.40. The summed E-state index contributed by atoms with van der Waals surface area (Å²) in [4.78, 5) is 2.34. The maximum Gasteiger partial charge on any atom is 0.160 e. The Hall–Kier alpha value is -1.50. The lowest BCUT2D eigenvalue weighted by Crippen LogP contribution is -2.53. The summed E-state index contributed by atoms with van der Waals surface area (Å²) < 4.78 is 52.3. The van der Waals surface area contributed by atoms with E-state index in [-0.39, 0.29) is 18.3 Å². The molecular weight excluding hydrogens is 470 g/mol. The zero-order valence-corrected chi connectivity index (χ0v) is 21.9. The fraction of sp³-hybridized carbons (Fsp3) is 0.769. The highest BCUT2D eigenvalue weighted by Gasteiger charge is 2.41. The standard InChI is InChI=1S/C26H43NO9/c1-28-12-4-9-27-10-13-31-15-17-33-23-19-25(30-3)36-24(26(23)34-18-16-32-14-11-27)20-35-22-7-5-21(29-2)6-8-22/h5-8,23-26H,4,9-20H2,1-3H3. The van der Waals surface area contributed by atoms with Crippen molar-refractivity contribution in [2.24, 2.45) is 0 Å². The summed E-state index contributed by atoms with van der Waals surface area (Å²) in [6, 6.07) is 7.45. The molecule has 1 aromatic carbocycles. The zero-order chi connectivity index (χ0) is 25.4. The molecule has 3 rings (SSSR count). The van der Waals surface area contributed by atoms with Crippen LogP contribution in [0.15, 0.2) is 24.3 Å². The van der Waals surface area contributed by atoms with Crippen molar-refractivity contribution in [2.75, 3.05) is 93.8 Å². The van der Waals surface area contributed by atoms with Crippen LogP contribution in [0, 0.1) is 0 Å². The quantitative estimate of drug-likeness (QED) is 0.457. The first-order valence-electron chi connectivity index (χ1n) is 12.8.